The van der Waals surface area contributed by atoms with Gasteiger partial charge in [-0.15, -0.1) is 0 Å². The summed E-state index contributed by atoms with van der Waals surface area (Å²) in [6, 6.07) is 0. The fraction of sp³-hybridized carbons (Fsp3) is 1.00. The first-order valence-electron chi connectivity index (χ1n) is 11.2. The highest BCUT2D eigenvalue weighted by Gasteiger charge is 2.50. The monoisotopic (exact) mass is 368 g/mol. The highest BCUT2D eigenvalue weighted by molar-refractivity contribution is 7.64. The third kappa shape index (κ3) is 3.63. The van der Waals surface area contributed by atoms with E-state index in [-0.39, 0.29) is 0 Å². The minimum atomic E-state index is 0.313. The van der Waals surface area contributed by atoms with Crippen LogP contribution in [0.4, 0.5) is 0 Å². The van der Waals surface area contributed by atoms with E-state index in [1.54, 1.807) is 38.5 Å². The number of rotatable bonds is 6. The molecule has 2 aliphatic heterocycles. The smallest absolute Gasteiger partial charge is 0.0134 e. The number of hydrogen-bond donors (Lipinski definition) is 0. The average molecular weight is 369 g/mol. The third-order valence-electron chi connectivity index (χ3n) is 7.74. The molecule has 0 amide bonds. The topological polar surface area (TPSA) is 0 Å². The van der Waals surface area contributed by atoms with Gasteiger partial charge in [0.2, 0.25) is 0 Å². The van der Waals surface area contributed by atoms with Gasteiger partial charge in [-0.25, -0.2) is 0 Å². The van der Waals surface area contributed by atoms with Crippen LogP contribution in [0.3, 0.4) is 0 Å². The molecule has 1 aliphatic carbocycles. The second-order valence-corrected chi connectivity index (χ2v) is 15.0. The molecule has 2 heteroatoms. The van der Waals surface area contributed by atoms with Crippen LogP contribution in [-0.2, 0) is 0 Å². The van der Waals surface area contributed by atoms with Gasteiger partial charge in [0.25, 0.3) is 0 Å². The van der Waals surface area contributed by atoms with Gasteiger partial charge in [-0.1, -0.05) is 50.5 Å². The van der Waals surface area contributed by atoms with Crippen molar-refractivity contribution in [1.29, 1.82) is 0 Å². The molecule has 3 aliphatic rings. The summed E-state index contributed by atoms with van der Waals surface area (Å²) < 4.78 is 0. The molecule has 24 heavy (non-hydrogen) atoms. The molecular weight excluding hydrogens is 326 g/mol. The first-order chi connectivity index (χ1) is 11.6. The maximum Gasteiger partial charge on any atom is -0.0134 e. The molecule has 3 rings (SSSR count). The van der Waals surface area contributed by atoms with Crippen molar-refractivity contribution in [2.75, 3.05) is 0 Å². The standard InChI is InChI=1S/C22H42P2/c1-6-17-10-11-18(7-2)23(17)21-14-16(5)15-22(21)24-19(8-3)12-13-20(24)9-4/h16-22H,6-15H2,1-5H3/t16?,17-,18-,19-,20-,21?,22?/m1/s1. The molecular formula is C22H42P2. The van der Waals surface area contributed by atoms with E-state index in [1.807, 2.05) is 0 Å². The zero-order valence-electron chi connectivity index (χ0n) is 17.0. The van der Waals surface area contributed by atoms with Crippen molar-refractivity contribution in [3.63, 3.8) is 0 Å². The first-order valence-corrected chi connectivity index (χ1v) is 14.3. The minimum absolute atomic E-state index is 0.313. The van der Waals surface area contributed by atoms with E-state index in [2.05, 4.69) is 34.6 Å². The lowest BCUT2D eigenvalue weighted by Gasteiger charge is -2.40. The molecule has 0 aromatic carbocycles. The molecule has 0 N–H and O–H groups in total. The lowest BCUT2D eigenvalue weighted by Crippen LogP contribution is -2.26. The number of hydrogen-bond acceptors (Lipinski definition) is 0. The van der Waals surface area contributed by atoms with Crippen molar-refractivity contribution >= 4 is 15.8 Å². The zero-order chi connectivity index (χ0) is 17.3. The van der Waals surface area contributed by atoms with Crippen LogP contribution in [0.2, 0.25) is 0 Å². The summed E-state index contributed by atoms with van der Waals surface area (Å²) in [5, 5.41) is 0. The van der Waals surface area contributed by atoms with Crippen molar-refractivity contribution in [2.45, 2.75) is 133 Å². The van der Waals surface area contributed by atoms with E-state index in [0.29, 0.717) is 15.8 Å². The Bertz CT molecular complexity index is 335. The van der Waals surface area contributed by atoms with Crippen LogP contribution in [0, 0.1) is 5.92 Å². The van der Waals surface area contributed by atoms with E-state index in [1.165, 1.54) is 37.0 Å². The minimum Gasteiger partial charge on any atom is -0.0965 e. The summed E-state index contributed by atoms with van der Waals surface area (Å²) >= 11 is 0. The van der Waals surface area contributed by atoms with Crippen LogP contribution in [0.25, 0.3) is 0 Å². The molecule has 0 bridgehead atoms. The SMILES string of the molecule is CC[C@@H]1CC[C@@H](CC)P1C1CC(C)CC1P1[C@H](CC)CC[C@H]1CC. The van der Waals surface area contributed by atoms with Crippen LogP contribution < -0.4 is 0 Å². The van der Waals surface area contributed by atoms with E-state index >= 15 is 0 Å². The van der Waals surface area contributed by atoms with Crippen LogP contribution >= 0.6 is 15.8 Å². The molecule has 140 valence electrons. The van der Waals surface area contributed by atoms with Crippen molar-refractivity contribution in [3.05, 3.63) is 0 Å². The van der Waals surface area contributed by atoms with E-state index in [4.69, 9.17) is 0 Å². The molecule has 3 fully saturated rings. The van der Waals surface area contributed by atoms with Gasteiger partial charge in [-0.05, 0) is 104 Å². The van der Waals surface area contributed by atoms with Gasteiger partial charge in [0.1, 0.15) is 0 Å². The fourth-order valence-electron chi connectivity index (χ4n) is 6.58. The molecule has 0 nitrogen and oxygen atoms in total. The Kier molecular flexibility index (Phi) is 7.11. The molecule has 1 saturated carbocycles. The van der Waals surface area contributed by atoms with Gasteiger partial charge in [-0.3, -0.25) is 0 Å². The van der Waals surface area contributed by atoms with Crippen LogP contribution in [0.1, 0.15) is 98.8 Å². The Labute approximate surface area is 154 Å². The highest BCUT2D eigenvalue weighted by atomic mass is 31.1. The van der Waals surface area contributed by atoms with Crippen LogP contribution in [0.15, 0.2) is 0 Å². The summed E-state index contributed by atoms with van der Waals surface area (Å²) in [5.41, 5.74) is 6.83. The Morgan fingerprint density at radius 1 is 0.583 bits per heavy atom. The van der Waals surface area contributed by atoms with E-state index in [0.717, 1.165) is 28.6 Å². The summed E-state index contributed by atoms with van der Waals surface area (Å²) in [6.45, 7) is 12.6. The normalized spacial score (nSPS) is 44.6. The second-order valence-electron chi connectivity index (χ2n) is 9.01. The quantitative estimate of drug-likeness (QED) is 0.419. The first kappa shape index (κ1) is 19.6. The second kappa shape index (κ2) is 8.70. The highest BCUT2D eigenvalue weighted by Crippen LogP contribution is 2.73. The zero-order valence-corrected chi connectivity index (χ0v) is 18.8. The van der Waals surface area contributed by atoms with Gasteiger partial charge < -0.3 is 0 Å². The lowest BCUT2D eigenvalue weighted by molar-refractivity contribution is 0.612. The van der Waals surface area contributed by atoms with Crippen molar-refractivity contribution < 1.29 is 0 Å². The maximum absolute atomic E-state index is 2.59. The van der Waals surface area contributed by atoms with Gasteiger partial charge in [0.15, 0.2) is 0 Å². The summed E-state index contributed by atoms with van der Waals surface area (Å²) in [4.78, 5) is 0. The fourth-order valence-corrected chi connectivity index (χ4v) is 16.6. The molecule has 0 aromatic rings. The largest absolute Gasteiger partial charge is 0.0965 e. The van der Waals surface area contributed by atoms with Gasteiger partial charge >= 0.3 is 0 Å². The molecule has 0 aromatic heterocycles. The predicted octanol–water partition coefficient (Wildman–Crippen LogP) is 7.82. The van der Waals surface area contributed by atoms with Crippen molar-refractivity contribution in [2.24, 2.45) is 5.92 Å². The van der Waals surface area contributed by atoms with E-state index in [9.17, 15) is 0 Å². The Morgan fingerprint density at radius 3 is 1.12 bits per heavy atom. The maximum atomic E-state index is 2.59. The molecule has 0 spiro atoms. The van der Waals surface area contributed by atoms with Crippen LogP contribution in [0.5, 0.6) is 0 Å². The molecule has 2 unspecified atom stereocenters. The van der Waals surface area contributed by atoms with Crippen LogP contribution in [-0.4, -0.2) is 34.0 Å². The molecule has 6 atom stereocenters. The Hall–Kier alpha value is 0.860. The molecule has 0 radical (unpaired) electrons. The van der Waals surface area contributed by atoms with E-state index < -0.39 is 0 Å². The van der Waals surface area contributed by atoms with Gasteiger partial charge in [0, 0.05) is 0 Å². The van der Waals surface area contributed by atoms with Crippen molar-refractivity contribution in [1.82, 2.24) is 0 Å². The summed E-state index contributed by atoms with van der Waals surface area (Å²) in [5.74, 6) is 1.02. The average Bonchev–Trinajstić information content (AvgIpc) is 3.28. The summed E-state index contributed by atoms with van der Waals surface area (Å²) in [7, 11) is 0.625. The third-order valence-corrected chi connectivity index (χ3v) is 16.5. The molecule has 2 saturated heterocycles. The Balaban J connectivity index is 1.85. The molecule has 2 heterocycles. The van der Waals surface area contributed by atoms with Gasteiger partial charge in [0.05, 0.1) is 0 Å². The van der Waals surface area contributed by atoms with Gasteiger partial charge in [-0.2, -0.15) is 0 Å². The lowest BCUT2D eigenvalue weighted by atomic mass is 10.1. The predicted molar refractivity (Wildman–Crippen MR) is 115 cm³/mol. The van der Waals surface area contributed by atoms with Crippen molar-refractivity contribution in [3.8, 4) is 0 Å². The Morgan fingerprint density at radius 2 is 0.875 bits per heavy atom. The summed E-state index contributed by atoms with van der Waals surface area (Å²) in [6.07, 6.45) is 15.4.